The third-order valence-electron chi connectivity index (χ3n) is 1.24. The van der Waals surface area contributed by atoms with Crippen LogP contribution in [0, 0.1) is 0 Å². The summed E-state index contributed by atoms with van der Waals surface area (Å²) in [7, 11) is 1.92. The maximum absolute atomic E-state index is 5.47. The molecule has 2 atom stereocenters. The maximum atomic E-state index is 5.47. The van der Waals surface area contributed by atoms with E-state index in [4.69, 9.17) is 10.5 Å². The van der Waals surface area contributed by atoms with Gasteiger partial charge in [0.25, 0.3) is 0 Å². The van der Waals surface area contributed by atoms with Crippen LogP contribution in [-0.4, -0.2) is 32.3 Å². The number of rotatable bonds is 5. The Balaban J connectivity index is 3.03. The molecular formula is C7H18N2O. The van der Waals surface area contributed by atoms with E-state index in [1.807, 2.05) is 14.0 Å². The number of likely N-dealkylation sites (N-methyl/N-ethyl adjacent to an activating group) is 1. The van der Waals surface area contributed by atoms with Gasteiger partial charge in [-0.3, -0.25) is 0 Å². The predicted octanol–water partition coefficient (Wildman–Crippen LogP) is -0.0419. The summed E-state index contributed by atoms with van der Waals surface area (Å²) in [4.78, 5) is 0. The molecule has 0 spiro atoms. The highest BCUT2D eigenvalue weighted by atomic mass is 16.5. The molecule has 0 aromatic heterocycles. The van der Waals surface area contributed by atoms with E-state index < -0.39 is 0 Å². The van der Waals surface area contributed by atoms with Crippen LogP contribution < -0.4 is 11.1 Å². The molecule has 0 aromatic rings. The zero-order chi connectivity index (χ0) is 7.98. The van der Waals surface area contributed by atoms with Crippen molar-refractivity contribution < 1.29 is 4.74 Å². The molecule has 0 amide bonds. The Morgan fingerprint density at radius 2 is 2.00 bits per heavy atom. The van der Waals surface area contributed by atoms with Crippen molar-refractivity contribution in [2.24, 2.45) is 5.73 Å². The highest BCUT2D eigenvalue weighted by molar-refractivity contribution is 4.55. The van der Waals surface area contributed by atoms with Crippen LogP contribution in [0.5, 0.6) is 0 Å². The summed E-state index contributed by atoms with van der Waals surface area (Å²) in [5.41, 5.74) is 5.47. The molecule has 0 radical (unpaired) electrons. The number of nitrogens with two attached hydrogens (primary N) is 1. The molecule has 62 valence electrons. The molecule has 0 heterocycles. The minimum absolute atomic E-state index is 0.143. The van der Waals surface area contributed by atoms with Crippen molar-refractivity contribution in [1.82, 2.24) is 5.32 Å². The number of nitrogens with one attached hydrogen (secondary N) is 1. The van der Waals surface area contributed by atoms with Crippen LogP contribution in [0.15, 0.2) is 0 Å². The normalized spacial score (nSPS) is 16.8. The van der Waals surface area contributed by atoms with E-state index in [-0.39, 0.29) is 6.04 Å². The zero-order valence-electron chi connectivity index (χ0n) is 7.05. The third kappa shape index (κ3) is 6.01. The van der Waals surface area contributed by atoms with Gasteiger partial charge in [0.1, 0.15) is 0 Å². The minimum atomic E-state index is 0.143. The van der Waals surface area contributed by atoms with E-state index in [1.54, 1.807) is 0 Å². The van der Waals surface area contributed by atoms with Gasteiger partial charge in [-0.15, -0.1) is 0 Å². The molecule has 0 fully saturated rings. The van der Waals surface area contributed by atoms with E-state index in [2.05, 4.69) is 12.2 Å². The largest absolute Gasteiger partial charge is 0.378 e. The van der Waals surface area contributed by atoms with E-state index in [0.29, 0.717) is 12.6 Å². The Morgan fingerprint density at radius 3 is 2.40 bits per heavy atom. The summed E-state index contributed by atoms with van der Waals surface area (Å²) in [6, 6.07) is 0.558. The van der Waals surface area contributed by atoms with Gasteiger partial charge in [0.15, 0.2) is 0 Å². The Morgan fingerprint density at radius 1 is 1.40 bits per heavy atom. The van der Waals surface area contributed by atoms with Crippen molar-refractivity contribution in [3.05, 3.63) is 0 Å². The lowest BCUT2D eigenvalue weighted by atomic mass is 10.3. The molecule has 0 aliphatic carbocycles. The molecule has 0 aliphatic rings. The third-order valence-corrected chi connectivity index (χ3v) is 1.24. The maximum Gasteiger partial charge on any atom is 0.0617 e. The molecule has 0 saturated heterocycles. The van der Waals surface area contributed by atoms with E-state index in [0.717, 1.165) is 6.61 Å². The molecule has 0 aliphatic heterocycles. The van der Waals surface area contributed by atoms with Crippen molar-refractivity contribution in [3.63, 3.8) is 0 Å². The fourth-order valence-corrected chi connectivity index (χ4v) is 0.514. The van der Waals surface area contributed by atoms with Gasteiger partial charge in [-0.1, -0.05) is 0 Å². The first-order valence-electron chi connectivity index (χ1n) is 3.67. The minimum Gasteiger partial charge on any atom is -0.378 e. The van der Waals surface area contributed by atoms with Gasteiger partial charge in [0.2, 0.25) is 0 Å². The first-order chi connectivity index (χ1) is 4.66. The molecule has 3 nitrogen and oxygen atoms in total. The monoisotopic (exact) mass is 146 g/mol. The molecule has 3 N–H and O–H groups in total. The average molecular weight is 146 g/mol. The number of hydrogen-bond donors (Lipinski definition) is 2. The Hall–Kier alpha value is -0.120. The van der Waals surface area contributed by atoms with Crippen LogP contribution in [0.4, 0.5) is 0 Å². The molecule has 0 saturated carbocycles. The van der Waals surface area contributed by atoms with Crippen molar-refractivity contribution in [1.29, 1.82) is 0 Å². The lowest BCUT2D eigenvalue weighted by molar-refractivity contribution is 0.109. The summed E-state index contributed by atoms with van der Waals surface area (Å²) in [5.74, 6) is 0. The Bertz CT molecular complexity index is 76.0. The standard InChI is InChI=1S/C7H18N2O/c1-6(8)4-10-5-7(2)9-3/h6-7,9H,4-5,8H2,1-3H3. The van der Waals surface area contributed by atoms with Crippen LogP contribution in [-0.2, 0) is 4.74 Å². The fourth-order valence-electron chi connectivity index (χ4n) is 0.514. The average Bonchev–Trinajstić information content (AvgIpc) is 1.87. The molecule has 0 rings (SSSR count). The van der Waals surface area contributed by atoms with Gasteiger partial charge in [0.05, 0.1) is 13.2 Å². The van der Waals surface area contributed by atoms with E-state index >= 15 is 0 Å². The first kappa shape index (κ1) is 9.88. The molecule has 0 bridgehead atoms. The first-order valence-corrected chi connectivity index (χ1v) is 3.67. The summed E-state index contributed by atoms with van der Waals surface area (Å²) >= 11 is 0. The van der Waals surface area contributed by atoms with Gasteiger partial charge in [-0.05, 0) is 20.9 Å². The Kier molecular flexibility index (Phi) is 5.58. The second kappa shape index (κ2) is 5.65. The summed E-state index contributed by atoms with van der Waals surface area (Å²) in [6.07, 6.45) is 0. The number of ether oxygens (including phenoxy) is 1. The van der Waals surface area contributed by atoms with Gasteiger partial charge in [0, 0.05) is 12.1 Å². The molecule has 10 heavy (non-hydrogen) atoms. The lowest BCUT2D eigenvalue weighted by Gasteiger charge is -2.11. The van der Waals surface area contributed by atoms with E-state index in [9.17, 15) is 0 Å². The van der Waals surface area contributed by atoms with Crippen LogP contribution in [0.2, 0.25) is 0 Å². The van der Waals surface area contributed by atoms with Crippen LogP contribution in [0.3, 0.4) is 0 Å². The zero-order valence-corrected chi connectivity index (χ0v) is 7.05. The summed E-state index contributed by atoms with van der Waals surface area (Å²) in [6.45, 7) is 5.38. The summed E-state index contributed by atoms with van der Waals surface area (Å²) < 4.78 is 5.26. The van der Waals surface area contributed by atoms with Crippen LogP contribution in [0.1, 0.15) is 13.8 Å². The highest BCUT2D eigenvalue weighted by Gasteiger charge is 1.98. The highest BCUT2D eigenvalue weighted by Crippen LogP contribution is 1.84. The Labute approximate surface area is 62.9 Å². The predicted molar refractivity (Wildman–Crippen MR) is 43.0 cm³/mol. The smallest absolute Gasteiger partial charge is 0.0617 e. The SMILES string of the molecule is CNC(C)COCC(C)N. The van der Waals surface area contributed by atoms with Crippen molar-refractivity contribution >= 4 is 0 Å². The van der Waals surface area contributed by atoms with Crippen LogP contribution >= 0.6 is 0 Å². The topological polar surface area (TPSA) is 47.3 Å². The van der Waals surface area contributed by atoms with Gasteiger partial charge < -0.3 is 15.8 Å². The molecular weight excluding hydrogens is 128 g/mol. The quantitative estimate of drug-likeness (QED) is 0.572. The molecule has 3 heteroatoms. The fraction of sp³-hybridized carbons (Fsp3) is 1.00. The second-order valence-corrected chi connectivity index (χ2v) is 2.70. The van der Waals surface area contributed by atoms with Crippen LogP contribution in [0.25, 0.3) is 0 Å². The second-order valence-electron chi connectivity index (χ2n) is 2.70. The summed E-state index contributed by atoms with van der Waals surface area (Å²) in [5, 5.41) is 3.07. The van der Waals surface area contributed by atoms with Crippen molar-refractivity contribution in [2.45, 2.75) is 25.9 Å². The van der Waals surface area contributed by atoms with Crippen molar-refractivity contribution in [3.8, 4) is 0 Å². The molecule has 0 aromatic carbocycles. The number of hydrogen-bond acceptors (Lipinski definition) is 3. The van der Waals surface area contributed by atoms with Gasteiger partial charge in [-0.2, -0.15) is 0 Å². The molecule has 2 unspecified atom stereocenters. The lowest BCUT2D eigenvalue weighted by Crippen LogP contribution is -2.30. The van der Waals surface area contributed by atoms with Gasteiger partial charge in [-0.25, -0.2) is 0 Å². The van der Waals surface area contributed by atoms with Crippen molar-refractivity contribution in [2.75, 3.05) is 20.3 Å². The van der Waals surface area contributed by atoms with E-state index in [1.165, 1.54) is 0 Å². The van der Waals surface area contributed by atoms with Gasteiger partial charge >= 0.3 is 0 Å².